The average Bonchev–Trinajstić information content (AvgIpc) is 2.75. The topological polar surface area (TPSA) is 88.4 Å². The Bertz CT molecular complexity index is 1000. The van der Waals surface area contributed by atoms with E-state index in [2.05, 4.69) is 9.97 Å². The molecule has 136 valence electrons. The molecule has 7 heteroatoms. The van der Waals surface area contributed by atoms with Crippen molar-refractivity contribution in [2.75, 3.05) is 0 Å². The Balaban J connectivity index is 1.80. The van der Waals surface area contributed by atoms with Crippen molar-refractivity contribution in [3.8, 4) is 39.7 Å². The fraction of sp³-hybridized carbons (Fsp3) is 0. The molecular formula is C21H16BN3O3. The van der Waals surface area contributed by atoms with Crippen LogP contribution in [0.25, 0.3) is 33.9 Å². The third kappa shape index (κ3) is 4.06. The largest absolute Gasteiger partial charge is 0.707 e. The lowest BCUT2D eigenvalue weighted by Gasteiger charge is -2.10. The van der Waals surface area contributed by atoms with Crippen LogP contribution in [0.3, 0.4) is 0 Å². The van der Waals surface area contributed by atoms with E-state index in [0.29, 0.717) is 5.75 Å². The van der Waals surface area contributed by atoms with Crippen LogP contribution in [-0.4, -0.2) is 32.3 Å². The van der Waals surface area contributed by atoms with Gasteiger partial charge in [-0.1, -0.05) is 24.3 Å². The van der Waals surface area contributed by atoms with Crippen molar-refractivity contribution in [1.29, 1.82) is 0 Å². The molecule has 0 fully saturated rings. The lowest BCUT2D eigenvalue weighted by atomic mass is 10.0. The smallest absolute Gasteiger partial charge is 0.512 e. The molecule has 1 aromatic carbocycles. The van der Waals surface area contributed by atoms with Gasteiger partial charge in [-0.25, -0.2) is 4.98 Å². The maximum atomic E-state index is 8.93. The van der Waals surface area contributed by atoms with E-state index < -0.39 is 7.32 Å². The minimum Gasteiger partial charge on any atom is -0.512 e. The summed E-state index contributed by atoms with van der Waals surface area (Å²) in [5.41, 5.74) is 4.88. The SMILES string of the molecule is OB(O)Oc1ccc(-c2cc(-c3ccccn3)nc(-c3ccccn3)c2)cc1. The van der Waals surface area contributed by atoms with Gasteiger partial charge in [-0.15, -0.1) is 0 Å². The summed E-state index contributed by atoms with van der Waals surface area (Å²) in [4.78, 5) is 13.6. The normalized spacial score (nSPS) is 10.5. The summed E-state index contributed by atoms with van der Waals surface area (Å²) in [6, 6.07) is 22.4. The molecule has 0 radical (unpaired) electrons. The first-order valence-corrected chi connectivity index (χ1v) is 8.67. The van der Waals surface area contributed by atoms with Gasteiger partial charge < -0.3 is 14.7 Å². The lowest BCUT2D eigenvalue weighted by Crippen LogP contribution is -2.20. The number of pyridine rings is 3. The van der Waals surface area contributed by atoms with Crippen LogP contribution in [-0.2, 0) is 0 Å². The van der Waals surface area contributed by atoms with Gasteiger partial charge in [0.05, 0.1) is 22.8 Å². The fourth-order valence-corrected chi connectivity index (χ4v) is 2.84. The van der Waals surface area contributed by atoms with Crippen LogP contribution < -0.4 is 4.65 Å². The Morgan fingerprint density at radius 3 is 1.68 bits per heavy atom. The van der Waals surface area contributed by atoms with Crippen LogP contribution in [0.15, 0.2) is 85.2 Å². The molecule has 0 amide bonds. The third-order valence-corrected chi connectivity index (χ3v) is 4.11. The van der Waals surface area contributed by atoms with Gasteiger partial charge in [0.1, 0.15) is 5.75 Å². The van der Waals surface area contributed by atoms with Crippen LogP contribution >= 0.6 is 0 Å². The molecule has 0 saturated carbocycles. The van der Waals surface area contributed by atoms with Crippen molar-refractivity contribution < 1.29 is 14.7 Å². The van der Waals surface area contributed by atoms with E-state index in [1.165, 1.54) is 0 Å². The second-order valence-corrected chi connectivity index (χ2v) is 6.02. The quantitative estimate of drug-likeness (QED) is 0.525. The van der Waals surface area contributed by atoms with Crippen LogP contribution in [0, 0.1) is 0 Å². The van der Waals surface area contributed by atoms with Gasteiger partial charge >= 0.3 is 7.32 Å². The molecule has 6 nitrogen and oxygen atoms in total. The second-order valence-electron chi connectivity index (χ2n) is 6.02. The molecular weight excluding hydrogens is 353 g/mol. The molecule has 0 aliphatic carbocycles. The molecule has 28 heavy (non-hydrogen) atoms. The number of benzene rings is 1. The highest BCUT2D eigenvalue weighted by Crippen LogP contribution is 2.29. The standard InChI is InChI=1S/C21H16BN3O3/c26-22(27)28-17-9-7-15(8-10-17)16-13-20(18-5-1-3-11-23-18)25-21(14-16)19-6-2-4-12-24-19/h1-14,26-27H. The van der Waals surface area contributed by atoms with Gasteiger partial charge in [0.2, 0.25) is 0 Å². The monoisotopic (exact) mass is 369 g/mol. The lowest BCUT2D eigenvalue weighted by molar-refractivity contribution is 0.288. The molecule has 0 bridgehead atoms. The third-order valence-electron chi connectivity index (χ3n) is 4.11. The zero-order chi connectivity index (χ0) is 19.3. The van der Waals surface area contributed by atoms with E-state index >= 15 is 0 Å². The first-order chi connectivity index (χ1) is 13.7. The summed E-state index contributed by atoms with van der Waals surface area (Å²) in [7, 11) is -1.85. The molecule has 0 unspecified atom stereocenters. The van der Waals surface area contributed by atoms with Gasteiger partial charge in [-0.3, -0.25) is 9.97 Å². The average molecular weight is 369 g/mol. The summed E-state index contributed by atoms with van der Waals surface area (Å²) in [6.07, 6.45) is 3.47. The highest BCUT2D eigenvalue weighted by atomic mass is 16.6. The Morgan fingerprint density at radius 2 is 1.21 bits per heavy atom. The molecule has 0 aliphatic heterocycles. The molecule has 0 atom stereocenters. The van der Waals surface area contributed by atoms with Crippen molar-refractivity contribution in [2.45, 2.75) is 0 Å². The minimum atomic E-state index is -1.85. The van der Waals surface area contributed by atoms with Crippen molar-refractivity contribution in [1.82, 2.24) is 15.0 Å². The van der Waals surface area contributed by atoms with Gasteiger partial charge in [0, 0.05) is 12.4 Å². The van der Waals surface area contributed by atoms with Crippen LogP contribution in [0.2, 0.25) is 0 Å². The van der Waals surface area contributed by atoms with E-state index in [0.717, 1.165) is 33.9 Å². The highest BCUT2D eigenvalue weighted by Gasteiger charge is 2.12. The van der Waals surface area contributed by atoms with Gasteiger partial charge in [-0.2, -0.15) is 0 Å². The summed E-state index contributed by atoms with van der Waals surface area (Å²) in [5.74, 6) is 0.364. The Kier molecular flexibility index (Phi) is 5.10. The fourth-order valence-electron chi connectivity index (χ4n) is 2.84. The number of nitrogens with zero attached hydrogens (tertiary/aromatic N) is 3. The van der Waals surface area contributed by atoms with Crippen molar-refractivity contribution >= 4 is 7.32 Å². The van der Waals surface area contributed by atoms with Gasteiger partial charge in [0.15, 0.2) is 0 Å². The van der Waals surface area contributed by atoms with Crippen LogP contribution in [0.5, 0.6) is 5.75 Å². The molecule has 3 heterocycles. The van der Waals surface area contributed by atoms with E-state index in [1.54, 1.807) is 24.5 Å². The first-order valence-electron chi connectivity index (χ1n) is 8.67. The maximum Gasteiger partial charge on any atom is 0.707 e. The summed E-state index contributed by atoms with van der Waals surface area (Å²) < 4.78 is 4.87. The Hall–Kier alpha value is -3.55. The summed E-state index contributed by atoms with van der Waals surface area (Å²) in [5, 5.41) is 17.9. The van der Waals surface area contributed by atoms with Crippen LogP contribution in [0.4, 0.5) is 0 Å². The number of rotatable bonds is 5. The molecule has 0 spiro atoms. The number of hydrogen-bond donors (Lipinski definition) is 2. The van der Waals surface area contributed by atoms with Crippen molar-refractivity contribution in [3.05, 3.63) is 85.2 Å². The van der Waals surface area contributed by atoms with Crippen molar-refractivity contribution in [3.63, 3.8) is 0 Å². The van der Waals surface area contributed by atoms with E-state index in [4.69, 9.17) is 19.7 Å². The maximum absolute atomic E-state index is 8.93. The van der Waals surface area contributed by atoms with Gasteiger partial charge in [-0.05, 0) is 59.7 Å². The second kappa shape index (κ2) is 8.00. The van der Waals surface area contributed by atoms with E-state index in [9.17, 15) is 0 Å². The van der Waals surface area contributed by atoms with Gasteiger partial charge in [0.25, 0.3) is 0 Å². The Morgan fingerprint density at radius 1 is 0.643 bits per heavy atom. The predicted octanol–water partition coefficient (Wildman–Crippen LogP) is 3.22. The number of aromatic nitrogens is 3. The number of hydrogen-bond acceptors (Lipinski definition) is 6. The van der Waals surface area contributed by atoms with E-state index in [-0.39, 0.29) is 0 Å². The minimum absolute atomic E-state index is 0.364. The van der Waals surface area contributed by atoms with E-state index in [1.807, 2.05) is 60.7 Å². The molecule has 0 saturated heterocycles. The zero-order valence-corrected chi connectivity index (χ0v) is 14.8. The highest BCUT2D eigenvalue weighted by molar-refractivity contribution is 6.33. The molecule has 4 aromatic rings. The molecule has 3 aromatic heterocycles. The first kappa shape index (κ1) is 17.8. The van der Waals surface area contributed by atoms with Crippen molar-refractivity contribution in [2.24, 2.45) is 0 Å². The van der Waals surface area contributed by atoms with Crippen LogP contribution in [0.1, 0.15) is 0 Å². The molecule has 0 aliphatic rings. The predicted molar refractivity (Wildman–Crippen MR) is 107 cm³/mol. The Labute approximate surface area is 162 Å². The molecule has 2 N–H and O–H groups in total. The summed E-state index contributed by atoms with van der Waals surface area (Å²) >= 11 is 0. The summed E-state index contributed by atoms with van der Waals surface area (Å²) in [6.45, 7) is 0. The molecule has 4 rings (SSSR count). The zero-order valence-electron chi connectivity index (χ0n) is 14.8.